The van der Waals surface area contributed by atoms with Crippen molar-refractivity contribution in [1.29, 1.82) is 0 Å². The molecule has 0 saturated heterocycles. The molecule has 0 fully saturated rings. The molecule has 3 aromatic rings. The molecule has 27 heavy (non-hydrogen) atoms. The Labute approximate surface area is 160 Å². The number of hydrogen-bond donors (Lipinski definition) is 0. The lowest BCUT2D eigenvalue weighted by Gasteiger charge is -2.03. The maximum atomic E-state index is 12.5. The number of esters is 1. The molecule has 0 aliphatic heterocycles. The Morgan fingerprint density at radius 1 is 1.19 bits per heavy atom. The Bertz CT molecular complexity index is 1120. The molecule has 1 amide bonds. The van der Waals surface area contributed by atoms with Crippen LogP contribution in [-0.4, -0.2) is 23.1 Å². The molecule has 0 aliphatic rings. The lowest BCUT2D eigenvalue weighted by Crippen LogP contribution is -2.16. The molecule has 1 aromatic heterocycles. The summed E-state index contributed by atoms with van der Waals surface area (Å²) in [6.45, 7) is 4.30. The van der Waals surface area contributed by atoms with Gasteiger partial charge in [-0.2, -0.15) is 4.99 Å². The van der Waals surface area contributed by atoms with E-state index in [1.54, 1.807) is 41.8 Å². The van der Waals surface area contributed by atoms with Crippen LogP contribution in [0.15, 0.2) is 47.5 Å². The summed E-state index contributed by atoms with van der Waals surface area (Å²) in [5, 5.41) is 0. The van der Waals surface area contributed by atoms with E-state index < -0.39 is 0 Å². The monoisotopic (exact) mass is 378 g/mol. The third-order valence-electron chi connectivity index (χ3n) is 3.94. The SMILES string of the molecule is C#CCn1c(=NC(=O)c2ccc(C)cc2)sc2cc(C(=O)OCC)ccc21. The Hall–Kier alpha value is -3.17. The van der Waals surface area contributed by atoms with Crippen LogP contribution in [0.4, 0.5) is 0 Å². The number of rotatable bonds is 4. The first-order valence-corrected chi connectivity index (χ1v) is 9.25. The highest BCUT2D eigenvalue weighted by atomic mass is 32.1. The van der Waals surface area contributed by atoms with Crippen molar-refractivity contribution >= 4 is 33.4 Å². The second-order valence-electron chi connectivity index (χ2n) is 5.86. The van der Waals surface area contributed by atoms with Crippen LogP contribution in [0.3, 0.4) is 0 Å². The predicted molar refractivity (Wildman–Crippen MR) is 106 cm³/mol. The van der Waals surface area contributed by atoms with E-state index in [-0.39, 0.29) is 18.4 Å². The number of carbonyl (C=O) groups is 2. The highest BCUT2D eigenvalue weighted by Gasteiger charge is 2.12. The van der Waals surface area contributed by atoms with Crippen LogP contribution in [0.1, 0.15) is 33.2 Å². The predicted octanol–water partition coefficient (Wildman–Crippen LogP) is 3.56. The zero-order chi connectivity index (χ0) is 19.4. The third kappa shape index (κ3) is 3.99. The van der Waals surface area contributed by atoms with E-state index >= 15 is 0 Å². The normalized spacial score (nSPS) is 11.4. The van der Waals surface area contributed by atoms with Gasteiger partial charge < -0.3 is 9.30 Å². The summed E-state index contributed by atoms with van der Waals surface area (Å²) in [5.74, 6) is 1.87. The maximum absolute atomic E-state index is 12.5. The molecule has 136 valence electrons. The Morgan fingerprint density at radius 2 is 1.89 bits per heavy atom. The van der Waals surface area contributed by atoms with Crippen LogP contribution in [0, 0.1) is 19.3 Å². The summed E-state index contributed by atoms with van der Waals surface area (Å²) < 4.78 is 7.65. The van der Waals surface area contributed by atoms with Crippen LogP contribution in [-0.2, 0) is 11.3 Å². The smallest absolute Gasteiger partial charge is 0.338 e. The van der Waals surface area contributed by atoms with E-state index in [2.05, 4.69) is 10.9 Å². The van der Waals surface area contributed by atoms with Crippen LogP contribution in [0.5, 0.6) is 0 Å². The van der Waals surface area contributed by atoms with Gasteiger partial charge in [0.25, 0.3) is 5.91 Å². The molecule has 6 heteroatoms. The minimum absolute atomic E-state index is 0.277. The van der Waals surface area contributed by atoms with Crippen molar-refractivity contribution in [3.05, 3.63) is 64.0 Å². The second kappa shape index (κ2) is 8.02. The first-order valence-electron chi connectivity index (χ1n) is 8.43. The average molecular weight is 378 g/mol. The molecule has 1 heterocycles. The molecule has 0 atom stereocenters. The summed E-state index contributed by atoms with van der Waals surface area (Å²) in [6.07, 6.45) is 5.49. The lowest BCUT2D eigenvalue weighted by atomic mass is 10.1. The first-order chi connectivity index (χ1) is 13.0. The number of thiazole rings is 1. The summed E-state index contributed by atoms with van der Waals surface area (Å²) in [6, 6.07) is 12.5. The van der Waals surface area contributed by atoms with Crippen molar-refractivity contribution in [2.75, 3.05) is 6.61 Å². The zero-order valence-corrected chi connectivity index (χ0v) is 15.9. The minimum atomic E-state index is -0.384. The molecule has 0 spiro atoms. The first kappa shape index (κ1) is 18.6. The molecule has 3 rings (SSSR count). The van der Waals surface area contributed by atoms with E-state index in [4.69, 9.17) is 11.2 Å². The molecule has 5 nitrogen and oxygen atoms in total. The number of amides is 1. The van der Waals surface area contributed by atoms with Gasteiger partial charge in [0.1, 0.15) is 0 Å². The average Bonchev–Trinajstić information content (AvgIpc) is 2.99. The van der Waals surface area contributed by atoms with Crippen LogP contribution < -0.4 is 4.80 Å². The van der Waals surface area contributed by atoms with Gasteiger partial charge in [-0.3, -0.25) is 4.79 Å². The molecular formula is C21H18N2O3S. The minimum Gasteiger partial charge on any atom is -0.462 e. The molecule has 2 aromatic carbocycles. The van der Waals surface area contributed by atoms with E-state index in [9.17, 15) is 9.59 Å². The van der Waals surface area contributed by atoms with Crippen LogP contribution in [0.2, 0.25) is 0 Å². The number of ether oxygens (including phenoxy) is 1. The van der Waals surface area contributed by atoms with Crippen LogP contribution in [0.25, 0.3) is 10.2 Å². The van der Waals surface area contributed by atoms with Gasteiger partial charge in [0, 0.05) is 5.56 Å². The molecular weight excluding hydrogens is 360 g/mol. The summed E-state index contributed by atoms with van der Waals surface area (Å²) >= 11 is 1.31. The third-order valence-corrected chi connectivity index (χ3v) is 4.98. The van der Waals surface area contributed by atoms with E-state index in [1.807, 2.05) is 19.1 Å². The number of terminal acetylenes is 1. The number of carbonyl (C=O) groups excluding carboxylic acids is 2. The number of nitrogens with zero attached hydrogens (tertiary/aromatic N) is 2. The fourth-order valence-corrected chi connectivity index (χ4v) is 3.66. The van der Waals surface area contributed by atoms with Gasteiger partial charge in [-0.25, -0.2) is 4.79 Å². The number of hydrogen-bond acceptors (Lipinski definition) is 4. The van der Waals surface area contributed by atoms with Crippen molar-refractivity contribution in [2.45, 2.75) is 20.4 Å². The highest BCUT2D eigenvalue weighted by molar-refractivity contribution is 7.16. The fourth-order valence-electron chi connectivity index (χ4n) is 2.59. The second-order valence-corrected chi connectivity index (χ2v) is 6.87. The zero-order valence-electron chi connectivity index (χ0n) is 15.1. The fraction of sp³-hybridized carbons (Fsp3) is 0.190. The van der Waals surface area contributed by atoms with E-state index in [0.29, 0.717) is 22.5 Å². The molecule has 0 aliphatic carbocycles. The van der Waals surface area contributed by atoms with Gasteiger partial charge in [0.2, 0.25) is 0 Å². The van der Waals surface area contributed by atoms with Gasteiger partial charge in [-0.05, 0) is 44.2 Å². The Balaban J connectivity index is 2.09. The molecule has 0 N–H and O–H groups in total. The standard InChI is InChI=1S/C21H18N2O3S/c1-4-12-23-17-11-10-16(20(25)26-5-2)13-18(17)27-21(23)22-19(24)15-8-6-14(3)7-9-15/h1,6-11,13H,5,12H2,2-3H3. The molecule has 0 radical (unpaired) electrons. The van der Waals surface area contributed by atoms with Gasteiger partial charge in [-0.1, -0.05) is 35.0 Å². The summed E-state index contributed by atoms with van der Waals surface area (Å²) in [4.78, 5) is 29.2. The van der Waals surface area contributed by atoms with Crippen molar-refractivity contribution in [2.24, 2.45) is 4.99 Å². The van der Waals surface area contributed by atoms with Crippen molar-refractivity contribution in [3.63, 3.8) is 0 Å². The van der Waals surface area contributed by atoms with Gasteiger partial charge in [0.15, 0.2) is 4.80 Å². The summed E-state index contributed by atoms with van der Waals surface area (Å²) in [5.41, 5.74) is 2.86. The Morgan fingerprint density at radius 3 is 2.56 bits per heavy atom. The van der Waals surface area contributed by atoms with Crippen molar-refractivity contribution in [3.8, 4) is 12.3 Å². The van der Waals surface area contributed by atoms with E-state index in [1.165, 1.54) is 11.3 Å². The van der Waals surface area contributed by atoms with Gasteiger partial charge in [0.05, 0.1) is 28.9 Å². The summed E-state index contributed by atoms with van der Waals surface area (Å²) in [7, 11) is 0. The Kier molecular flexibility index (Phi) is 5.53. The van der Waals surface area contributed by atoms with Crippen LogP contribution >= 0.6 is 11.3 Å². The topological polar surface area (TPSA) is 60.7 Å². The number of fused-ring (bicyclic) bond motifs is 1. The molecule has 0 saturated carbocycles. The largest absolute Gasteiger partial charge is 0.462 e. The number of benzene rings is 2. The van der Waals surface area contributed by atoms with Crippen molar-refractivity contribution in [1.82, 2.24) is 4.57 Å². The number of aryl methyl sites for hydroxylation is 1. The van der Waals surface area contributed by atoms with Crippen molar-refractivity contribution < 1.29 is 14.3 Å². The number of aromatic nitrogens is 1. The lowest BCUT2D eigenvalue weighted by molar-refractivity contribution is 0.0526. The highest BCUT2D eigenvalue weighted by Crippen LogP contribution is 2.20. The van der Waals surface area contributed by atoms with E-state index in [0.717, 1.165) is 15.8 Å². The molecule has 0 unspecified atom stereocenters. The van der Waals surface area contributed by atoms with Gasteiger partial charge in [-0.15, -0.1) is 6.42 Å². The molecule has 0 bridgehead atoms. The van der Waals surface area contributed by atoms with Gasteiger partial charge >= 0.3 is 5.97 Å². The quantitative estimate of drug-likeness (QED) is 0.515. The maximum Gasteiger partial charge on any atom is 0.338 e.